The fourth-order valence-electron chi connectivity index (χ4n) is 2.17. The van der Waals surface area contributed by atoms with Gasteiger partial charge in [0.25, 0.3) is 11.6 Å². The highest BCUT2D eigenvalue weighted by Crippen LogP contribution is 2.34. The van der Waals surface area contributed by atoms with Gasteiger partial charge in [0, 0.05) is 11.8 Å². The highest BCUT2D eigenvalue weighted by Gasteiger charge is 2.22. The van der Waals surface area contributed by atoms with Gasteiger partial charge in [-0.1, -0.05) is 43.6 Å². The normalized spacial score (nSPS) is 10.5. The Balaban J connectivity index is 2.33. The monoisotopic (exact) mass is 338 g/mol. The first-order chi connectivity index (χ1) is 10.5. The largest absolute Gasteiger partial charge is 0.321 e. The van der Waals surface area contributed by atoms with Gasteiger partial charge in [-0.05, 0) is 24.0 Å². The summed E-state index contributed by atoms with van der Waals surface area (Å²) in [5.41, 5.74) is 2.61. The number of halogens is 1. The third kappa shape index (κ3) is 3.28. The zero-order chi connectivity index (χ0) is 16.3. The molecule has 1 aromatic heterocycles. The number of carbonyl (C=O) groups excluding carboxylic acids is 1. The zero-order valence-electron chi connectivity index (χ0n) is 12.2. The Bertz CT molecular complexity index is 705. The number of nitrogens with one attached hydrogen (secondary N) is 1. The Kier molecular flexibility index (Phi) is 5.15. The Morgan fingerprint density at radius 3 is 2.36 bits per heavy atom. The minimum absolute atomic E-state index is 0.00893. The highest BCUT2D eigenvalue weighted by atomic mass is 35.5. The fraction of sp³-hybridized carbons (Fsp3) is 0.267. The Morgan fingerprint density at radius 1 is 1.32 bits per heavy atom. The summed E-state index contributed by atoms with van der Waals surface area (Å²) in [4.78, 5) is 22.8. The molecule has 0 saturated heterocycles. The van der Waals surface area contributed by atoms with E-state index >= 15 is 0 Å². The van der Waals surface area contributed by atoms with Gasteiger partial charge < -0.3 is 5.32 Å². The molecule has 0 saturated carbocycles. The molecule has 22 heavy (non-hydrogen) atoms. The van der Waals surface area contributed by atoms with Gasteiger partial charge in [-0.2, -0.15) is 0 Å². The topological polar surface area (TPSA) is 72.2 Å². The molecule has 116 valence electrons. The number of aryl methyl sites for hydroxylation is 2. The minimum Gasteiger partial charge on any atom is -0.321 e. The lowest BCUT2D eigenvalue weighted by Gasteiger charge is -2.13. The Hall–Kier alpha value is -1.92. The summed E-state index contributed by atoms with van der Waals surface area (Å²) in [6.45, 7) is 4.02. The molecule has 0 radical (unpaired) electrons. The van der Waals surface area contributed by atoms with E-state index in [4.69, 9.17) is 11.6 Å². The number of thiophene rings is 1. The molecule has 0 atom stereocenters. The number of nitrogens with zero attached hydrogens (tertiary/aromatic N) is 1. The van der Waals surface area contributed by atoms with Gasteiger partial charge in [-0.25, -0.2) is 0 Å². The quantitative estimate of drug-likeness (QED) is 0.635. The highest BCUT2D eigenvalue weighted by molar-refractivity contribution is 7.18. The van der Waals surface area contributed by atoms with E-state index in [-0.39, 0.29) is 20.8 Å². The van der Waals surface area contributed by atoms with Crippen molar-refractivity contribution in [3.8, 4) is 0 Å². The molecule has 7 heteroatoms. The van der Waals surface area contributed by atoms with Crippen LogP contribution in [-0.2, 0) is 12.8 Å². The molecule has 1 N–H and O–H groups in total. The van der Waals surface area contributed by atoms with Crippen molar-refractivity contribution in [1.82, 2.24) is 0 Å². The molecule has 0 aliphatic rings. The van der Waals surface area contributed by atoms with Crippen molar-refractivity contribution in [2.75, 3.05) is 5.32 Å². The molecule has 0 aliphatic carbocycles. The number of nitro groups is 1. The maximum Gasteiger partial charge on any atom is 0.299 e. The molecular formula is C15H15ClN2O3S. The van der Waals surface area contributed by atoms with Crippen LogP contribution in [0.2, 0.25) is 4.34 Å². The third-order valence-corrected chi connectivity index (χ3v) is 4.66. The van der Waals surface area contributed by atoms with Crippen molar-refractivity contribution < 1.29 is 9.72 Å². The van der Waals surface area contributed by atoms with Crippen LogP contribution in [0.15, 0.2) is 24.3 Å². The van der Waals surface area contributed by atoms with Crippen LogP contribution in [0.1, 0.15) is 34.6 Å². The SMILES string of the molecule is CCc1cccc(CC)c1NC(=O)c1cc([N+](=O)[O-])c(Cl)s1. The van der Waals surface area contributed by atoms with Gasteiger partial charge >= 0.3 is 0 Å². The summed E-state index contributed by atoms with van der Waals surface area (Å²) in [6, 6.07) is 7.08. The van der Waals surface area contributed by atoms with E-state index < -0.39 is 4.92 Å². The maximum absolute atomic E-state index is 12.4. The predicted molar refractivity (Wildman–Crippen MR) is 89.1 cm³/mol. The van der Waals surface area contributed by atoms with Crippen molar-refractivity contribution in [3.63, 3.8) is 0 Å². The smallest absolute Gasteiger partial charge is 0.299 e. The number of para-hydroxylation sites is 1. The maximum atomic E-state index is 12.4. The lowest BCUT2D eigenvalue weighted by atomic mass is 10.0. The molecule has 0 aliphatic heterocycles. The van der Waals surface area contributed by atoms with E-state index in [1.54, 1.807) is 0 Å². The van der Waals surface area contributed by atoms with Gasteiger partial charge in [-0.15, -0.1) is 11.3 Å². The van der Waals surface area contributed by atoms with Crippen LogP contribution in [0.3, 0.4) is 0 Å². The van der Waals surface area contributed by atoms with Crippen molar-refractivity contribution in [1.29, 1.82) is 0 Å². The third-order valence-electron chi connectivity index (χ3n) is 3.33. The number of hydrogen-bond acceptors (Lipinski definition) is 4. The first-order valence-corrected chi connectivity index (χ1v) is 8.03. The van der Waals surface area contributed by atoms with Crippen LogP contribution < -0.4 is 5.32 Å². The van der Waals surface area contributed by atoms with Gasteiger partial charge in [-0.3, -0.25) is 14.9 Å². The van der Waals surface area contributed by atoms with E-state index in [1.165, 1.54) is 6.07 Å². The van der Waals surface area contributed by atoms with Crippen LogP contribution in [0.4, 0.5) is 11.4 Å². The molecule has 2 aromatic rings. The Morgan fingerprint density at radius 2 is 1.91 bits per heavy atom. The second-order valence-corrected chi connectivity index (χ2v) is 6.29. The van der Waals surface area contributed by atoms with Crippen LogP contribution in [-0.4, -0.2) is 10.8 Å². The van der Waals surface area contributed by atoms with Crippen LogP contribution >= 0.6 is 22.9 Å². The van der Waals surface area contributed by atoms with E-state index in [1.807, 2.05) is 32.0 Å². The van der Waals surface area contributed by atoms with Crippen LogP contribution in [0, 0.1) is 10.1 Å². The molecule has 0 unspecified atom stereocenters. The molecule has 0 fully saturated rings. The van der Waals surface area contributed by atoms with Crippen LogP contribution in [0.5, 0.6) is 0 Å². The Labute approximate surface area is 137 Å². The number of hydrogen-bond donors (Lipinski definition) is 1. The van der Waals surface area contributed by atoms with Gasteiger partial charge in [0.05, 0.1) is 4.92 Å². The van der Waals surface area contributed by atoms with E-state index in [0.717, 1.165) is 41.0 Å². The summed E-state index contributed by atoms with van der Waals surface area (Å²) in [5.74, 6) is -0.379. The molecule has 2 rings (SSSR count). The van der Waals surface area contributed by atoms with Gasteiger partial charge in [0.2, 0.25) is 0 Å². The molecule has 1 amide bonds. The average molecular weight is 339 g/mol. The number of anilines is 1. The summed E-state index contributed by atoms with van der Waals surface area (Å²) in [7, 11) is 0. The molecule has 0 bridgehead atoms. The molecular weight excluding hydrogens is 324 g/mol. The number of amides is 1. The fourth-order valence-corrected chi connectivity index (χ4v) is 3.29. The molecule has 0 spiro atoms. The molecule has 1 heterocycles. The molecule has 5 nitrogen and oxygen atoms in total. The molecule has 1 aromatic carbocycles. The van der Waals surface area contributed by atoms with Crippen molar-refractivity contribution in [3.05, 3.63) is 54.7 Å². The summed E-state index contributed by atoms with van der Waals surface area (Å²) in [5, 5.41) is 13.7. The average Bonchev–Trinajstić information content (AvgIpc) is 2.89. The van der Waals surface area contributed by atoms with E-state index in [0.29, 0.717) is 0 Å². The van der Waals surface area contributed by atoms with Gasteiger partial charge in [0.15, 0.2) is 4.34 Å². The lowest BCUT2D eigenvalue weighted by molar-refractivity contribution is -0.384. The second kappa shape index (κ2) is 6.89. The first-order valence-electron chi connectivity index (χ1n) is 6.83. The number of benzene rings is 1. The predicted octanol–water partition coefficient (Wildman–Crippen LogP) is 4.69. The summed E-state index contributed by atoms with van der Waals surface area (Å²) in [6.07, 6.45) is 1.57. The van der Waals surface area contributed by atoms with E-state index in [9.17, 15) is 14.9 Å². The van der Waals surface area contributed by atoms with Crippen molar-refractivity contribution in [2.24, 2.45) is 0 Å². The lowest BCUT2D eigenvalue weighted by Crippen LogP contribution is -2.13. The number of rotatable bonds is 5. The summed E-state index contributed by atoms with van der Waals surface area (Å²) >= 11 is 6.71. The number of carbonyl (C=O) groups is 1. The second-order valence-electron chi connectivity index (χ2n) is 4.64. The van der Waals surface area contributed by atoms with Crippen molar-refractivity contribution in [2.45, 2.75) is 26.7 Å². The summed E-state index contributed by atoms with van der Waals surface area (Å²) < 4.78 is 0.00893. The minimum atomic E-state index is -0.590. The van der Waals surface area contributed by atoms with Gasteiger partial charge in [0.1, 0.15) is 4.88 Å². The first kappa shape index (κ1) is 16.5. The van der Waals surface area contributed by atoms with Crippen molar-refractivity contribution >= 4 is 40.2 Å². The van der Waals surface area contributed by atoms with Crippen LogP contribution in [0.25, 0.3) is 0 Å². The standard InChI is InChI=1S/C15H15ClN2O3S/c1-3-9-6-5-7-10(4-2)13(9)17-15(19)12-8-11(18(20)21)14(16)22-12/h5-8H,3-4H2,1-2H3,(H,17,19). The van der Waals surface area contributed by atoms with E-state index in [2.05, 4.69) is 5.32 Å². The zero-order valence-corrected chi connectivity index (χ0v) is 13.8.